The number of piperidine rings is 1. The van der Waals surface area contributed by atoms with Gasteiger partial charge in [0.2, 0.25) is 5.91 Å². The molecule has 5 heteroatoms. The highest BCUT2D eigenvalue weighted by Gasteiger charge is 2.39. The highest BCUT2D eigenvalue weighted by Crippen LogP contribution is 2.29. The van der Waals surface area contributed by atoms with Gasteiger partial charge in [0, 0.05) is 24.1 Å². The Balaban J connectivity index is 2.10. The molecule has 14 heavy (non-hydrogen) atoms. The molecule has 4 nitrogen and oxygen atoms in total. The summed E-state index contributed by atoms with van der Waals surface area (Å²) >= 11 is 1.85. The predicted octanol–water partition coefficient (Wildman–Crippen LogP) is 0.425. The SMILES string of the molecule is O=C(O)C1CCC2CSCCN2C1=O. The molecule has 2 heterocycles. The summed E-state index contributed by atoms with van der Waals surface area (Å²) in [6, 6.07) is 0.289. The Kier molecular flexibility index (Phi) is 2.67. The topological polar surface area (TPSA) is 57.6 Å². The summed E-state index contributed by atoms with van der Waals surface area (Å²) in [7, 11) is 0. The van der Waals surface area contributed by atoms with E-state index in [1.54, 1.807) is 4.90 Å². The Morgan fingerprint density at radius 1 is 1.50 bits per heavy atom. The lowest BCUT2D eigenvalue weighted by Crippen LogP contribution is -2.53. The second-order valence-corrected chi connectivity index (χ2v) is 4.88. The van der Waals surface area contributed by atoms with Crippen LogP contribution in [0, 0.1) is 5.92 Å². The van der Waals surface area contributed by atoms with E-state index in [0.29, 0.717) is 6.42 Å². The number of aliphatic carboxylic acids is 1. The summed E-state index contributed by atoms with van der Waals surface area (Å²) in [6.45, 7) is 0.720. The number of carboxylic acid groups (broad SMARTS) is 1. The lowest BCUT2D eigenvalue weighted by Gasteiger charge is -2.40. The number of carbonyl (C=O) groups is 2. The number of carboxylic acids is 1. The fourth-order valence-corrected chi connectivity index (χ4v) is 3.21. The molecule has 78 valence electrons. The zero-order chi connectivity index (χ0) is 10.1. The summed E-state index contributed by atoms with van der Waals surface area (Å²) < 4.78 is 0. The van der Waals surface area contributed by atoms with E-state index in [-0.39, 0.29) is 11.9 Å². The Hall–Kier alpha value is -0.710. The van der Waals surface area contributed by atoms with E-state index >= 15 is 0 Å². The minimum absolute atomic E-state index is 0.172. The largest absolute Gasteiger partial charge is 0.481 e. The zero-order valence-corrected chi connectivity index (χ0v) is 8.63. The second-order valence-electron chi connectivity index (χ2n) is 3.73. The molecule has 0 radical (unpaired) electrons. The summed E-state index contributed by atoms with van der Waals surface area (Å²) in [6.07, 6.45) is 1.35. The van der Waals surface area contributed by atoms with E-state index in [1.807, 2.05) is 11.8 Å². The number of hydrogen-bond acceptors (Lipinski definition) is 3. The molecule has 0 saturated carbocycles. The Morgan fingerprint density at radius 3 is 3.00 bits per heavy atom. The molecule has 1 amide bonds. The van der Waals surface area contributed by atoms with Gasteiger partial charge in [0.15, 0.2) is 0 Å². The molecule has 0 aromatic heterocycles. The lowest BCUT2D eigenvalue weighted by molar-refractivity contribution is -0.155. The van der Waals surface area contributed by atoms with Crippen molar-refractivity contribution in [1.29, 1.82) is 0 Å². The van der Waals surface area contributed by atoms with E-state index in [2.05, 4.69) is 0 Å². The van der Waals surface area contributed by atoms with E-state index in [9.17, 15) is 9.59 Å². The average molecular weight is 215 g/mol. The smallest absolute Gasteiger partial charge is 0.316 e. The molecule has 2 aliphatic heterocycles. The van der Waals surface area contributed by atoms with Gasteiger partial charge in [0.25, 0.3) is 0 Å². The third-order valence-corrected chi connectivity index (χ3v) is 3.99. The molecular weight excluding hydrogens is 202 g/mol. The highest BCUT2D eigenvalue weighted by atomic mass is 32.2. The maximum absolute atomic E-state index is 11.7. The van der Waals surface area contributed by atoms with Crippen molar-refractivity contribution in [2.24, 2.45) is 5.92 Å². The quantitative estimate of drug-likeness (QED) is 0.644. The van der Waals surface area contributed by atoms with Crippen molar-refractivity contribution in [2.75, 3.05) is 18.1 Å². The summed E-state index contributed by atoms with van der Waals surface area (Å²) in [5.74, 6) is -0.0118. The zero-order valence-electron chi connectivity index (χ0n) is 7.81. The van der Waals surface area contributed by atoms with Gasteiger partial charge in [-0.05, 0) is 12.8 Å². The first-order valence-corrected chi connectivity index (χ1v) is 5.96. The number of hydrogen-bond donors (Lipinski definition) is 1. The second kappa shape index (κ2) is 3.81. The number of carbonyl (C=O) groups excluding carboxylic acids is 1. The number of thioether (sulfide) groups is 1. The van der Waals surface area contributed by atoms with E-state index in [4.69, 9.17) is 5.11 Å². The van der Waals surface area contributed by atoms with Crippen molar-refractivity contribution in [3.63, 3.8) is 0 Å². The molecule has 0 bridgehead atoms. The van der Waals surface area contributed by atoms with Crippen molar-refractivity contribution in [2.45, 2.75) is 18.9 Å². The monoisotopic (exact) mass is 215 g/mol. The van der Waals surface area contributed by atoms with Crippen LogP contribution in [0.5, 0.6) is 0 Å². The fourth-order valence-electron chi connectivity index (χ4n) is 2.10. The molecule has 2 atom stereocenters. The molecule has 2 unspecified atom stereocenters. The molecule has 0 aromatic carbocycles. The molecule has 2 saturated heterocycles. The fraction of sp³-hybridized carbons (Fsp3) is 0.778. The van der Waals surface area contributed by atoms with E-state index < -0.39 is 11.9 Å². The van der Waals surface area contributed by atoms with Gasteiger partial charge in [-0.1, -0.05) is 0 Å². The normalized spacial score (nSPS) is 32.6. The first-order chi connectivity index (χ1) is 6.70. The van der Waals surface area contributed by atoms with Gasteiger partial charge in [0.1, 0.15) is 5.92 Å². The van der Waals surface area contributed by atoms with Crippen LogP contribution in [0.25, 0.3) is 0 Å². The minimum atomic E-state index is -0.966. The van der Waals surface area contributed by atoms with Gasteiger partial charge in [-0.3, -0.25) is 9.59 Å². The molecule has 0 spiro atoms. The maximum atomic E-state index is 11.7. The van der Waals surface area contributed by atoms with Crippen molar-refractivity contribution < 1.29 is 14.7 Å². The van der Waals surface area contributed by atoms with Gasteiger partial charge in [0.05, 0.1) is 0 Å². The van der Waals surface area contributed by atoms with Crippen LogP contribution in [0.4, 0.5) is 0 Å². The number of rotatable bonds is 1. The van der Waals surface area contributed by atoms with Gasteiger partial charge in [-0.15, -0.1) is 0 Å². The predicted molar refractivity (Wildman–Crippen MR) is 53.2 cm³/mol. The van der Waals surface area contributed by atoms with Crippen LogP contribution < -0.4 is 0 Å². The first kappa shape index (κ1) is 9.83. The van der Waals surface area contributed by atoms with Crippen LogP contribution in [0.1, 0.15) is 12.8 Å². The Morgan fingerprint density at radius 2 is 2.29 bits per heavy atom. The molecule has 2 fully saturated rings. The van der Waals surface area contributed by atoms with E-state index in [1.165, 1.54) is 0 Å². The van der Waals surface area contributed by atoms with Crippen LogP contribution in [-0.2, 0) is 9.59 Å². The molecule has 2 aliphatic rings. The number of amides is 1. The van der Waals surface area contributed by atoms with E-state index in [0.717, 1.165) is 24.5 Å². The Labute approximate surface area is 86.6 Å². The van der Waals surface area contributed by atoms with Crippen LogP contribution in [-0.4, -0.2) is 46.0 Å². The maximum Gasteiger partial charge on any atom is 0.316 e. The van der Waals surface area contributed by atoms with Gasteiger partial charge in [-0.2, -0.15) is 11.8 Å². The first-order valence-electron chi connectivity index (χ1n) is 4.81. The third-order valence-electron chi connectivity index (χ3n) is 2.90. The highest BCUT2D eigenvalue weighted by molar-refractivity contribution is 7.99. The average Bonchev–Trinajstić information content (AvgIpc) is 2.18. The van der Waals surface area contributed by atoms with Gasteiger partial charge in [-0.25, -0.2) is 0 Å². The molecule has 0 aromatic rings. The number of fused-ring (bicyclic) bond motifs is 1. The lowest BCUT2D eigenvalue weighted by atomic mass is 9.92. The van der Waals surface area contributed by atoms with Crippen molar-refractivity contribution in [3.8, 4) is 0 Å². The standard InChI is InChI=1S/C9H13NO3S/c11-8-7(9(12)13)2-1-6-5-14-4-3-10(6)8/h6-7H,1-5H2,(H,12,13). The molecule has 1 N–H and O–H groups in total. The molecule has 0 aliphatic carbocycles. The Bertz CT molecular complexity index is 269. The van der Waals surface area contributed by atoms with Gasteiger partial charge < -0.3 is 10.0 Å². The van der Waals surface area contributed by atoms with Crippen LogP contribution in [0.15, 0.2) is 0 Å². The van der Waals surface area contributed by atoms with Crippen molar-refractivity contribution >= 4 is 23.6 Å². The number of nitrogens with zero attached hydrogens (tertiary/aromatic N) is 1. The molecular formula is C9H13NO3S. The summed E-state index contributed by atoms with van der Waals surface area (Å²) in [4.78, 5) is 24.3. The van der Waals surface area contributed by atoms with Crippen LogP contribution in [0.2, 0.25) is 0 Å². The third kappa shape index (κ3) is 1.61. The minimum Gasteiger partial charge on any atom is -0.481 e. The van der Waals surface area contributed by atoms with Crippen molar-refractivity contribution in [3.05, 3.63) is 0 Å². The molecule has 2 rings (SSSR count). The van der Waals surface area contributed by atoms with Crippen molar-refractivity contribution in [1.82, 2.24) is 4.90 Å². The van der Waals surface area contributed by atoms with Crippen LogP contribution >= 0.6 is 11.8 Å². The summed E-state index contributed by atoms with van der Waals surface area (Å²) in [5, 5.41) is 8.85. The van der Waals surface area contributed by atoms with Gasteiger partial charge >= 0.3 is 5.97 Å². The van der Waals surface area contributed by atoms with Crippen LogP contribution in [0.3, 0.4) is 0 Å². The summed E-state index contributed by atoms with van der Waals surface area (Å²) in [5.41, 5.74) is 0.